The second-order valence-corrected chi connectivity index (χ2v) is 8.22. The van der Waals surface area contributed by atoms with Crippen molar-refractivity contribution in [3.05, 3.63) is 24.3 Å². The molecule has 0 bridgehead atoms. The molecule has 0 amide bonds. The minimum Gasteiger partial charge on any atom is -0.494 e. The first kappa shape index (κ1) is 19.7. The van der Waals surface area contributed by atoms with Gasteiger partial charge in [-0.05, 0) is 56.4 Å². The first-order valence-corrected chi connectivity index (χ1v) is 10.5. The number of nitrogens with zero attached hydrogens (tertiary/aromatic N) is 1. The van der Waals surface area contributed by atoms with Crippen molar-refractivity contribution in [1.29, 1.82) is 0 Å². The van der Waals surface area contributed by atoms with Gasteiger partial charge in [0.15, 0.2) is 0 Å². The standard InChI is InChI=1S/C18H27NO5S/c1-3-13-23-15-8-10-16(11-9-15)24-18(20)17-7-5-6-12-19(17)25(21,22)14-4-2/h8-11,17H,3-7,12-14H2,1-2H3. The molecule has 0 aliphatic carbocycles. The third-order valence-electron chi connectivity index (χ3n) is 4.06. The van der Waals surface area contributed by atoms with Gasteiger partial charge in [0.05, 0.1) is 12.4 Å². The molecule has 0 aromatic heterocycles. The van der Waals surface area contributed by atoms with Gasteiger partial charge in [-0.2, -0.15) is 4.31 Å². The van der Waals surface area contributed by atoms with Gasteiger partial charge in [-0.1, -0.05) is 13.8 Å². The summed E-state index contributed by atoms with van der Waals surface area (Å²) in [6.45, 7) is 4.85. The van der Waals surface area contributed by atoms with Crippen molar-refractivity contribution < 1.29 is 22.7 Å². The molecule has 1 unspecified atom stereocenters. The molecule has 1 aromatic carbocycles. The molecule has 1 saturated heterocycles. The fourth-order valence-corrected chi connectivity index (χ4v) is 4.59. The maximum atomic E-state index is 12.5. The maximum Gasteiger partial charge on any atom is 0.329 e. The number of benzene rings is 1. The molecule has 7 heteroatoms. The van der Waals surface area contributed by atoms with Crippen molar-refractivity contribution in [2.45, 2.75) is 52.0 Å². The lowest BCUT2D eigenvalue weighted by atomic mass is 10.1. The van der Waals surface area contributed by atoms with Gasteiger partial charge in [0.2, 0.25) is 10.0 Å². The molecule has 2 rings (SSSR count). The molecular formula is C18H27NO5S. The lowest BCUT2D eigenvalue weighted by molar-refractivity contribution is -0.139. The second-order valence-electron chi connectivity index (χ2n) is 6.18. The Balaban J connectivity index is 2.04. The maximum absolute atomic E-state index is 12.5. The van der Waals surface area contributed by atoms with E-state index in [-0.39, 0.29) is 5.75 Å². The molecule has 140 valence electrons. The van der Waals surface area contributed by atoms with Crippen molar-refractivity contribution >= 4 is 16.0 Å². The number of rotatable bonds is 8. The Hall–Kier alpha value is -1.60. The summed E-state index contributed by atoms with van der Waals surface area (Å²) >= 11 is 0. The zero-order valence-corrected chi connectivity index (χ0v) is 15.8. The average Bonchev–Trinajstić information content (AvgIpc) is 2.61. The van der Waals surface area contributed by atoms with Crippen molar-refractivity contribution in [3.8, 4) is 11.5 Å². The molecule has 25 heavy (non-hydrogen) atoms. The number of carbonyl (C=O) groups excluding carboxylic acids is 1. The van der Waals surface area contributed by atoms with Crippen LogP contribution in [0.25, 0.3) is 0 Å². The van der Waals surface area contributed by atoms with Gasteiger partial charge in [-0.25, -0.2) is 13.2 Å². The van der Waals surface area contributed by atoms with Gasteiger partial charge < -0.3 is 9.47 Å². The molecule has 1 fully saturated rings. The van der Waals surface area contributed by atoms with Gasteiger partial charge in [0.1, 0.15) is 17.5 Å². The number of sulfonamides is 1. The van der Waals surface area contributed by atoms with Gasteiger partial charge in [0, 0.05) is 6.54 Å². The summed E-state index contributed by atoms with van der Waals surface area (Å²) in [4.78, 5) is 12.5. The third-order valence-corrected chi connectivity index (χ3v) is 6.14. The van der Waals surface area contributed by atoms with Crippen LogP contribution in [0.5, 0.6) is 11.5 Å². The van der Waals surface area contributed by atoms with Crippen molar-refractivity contribution in [2.24, 2.45) is 0 Å². The number of ether oxygens (including phenoxy) is 2. The zero-order valence-electron chi connectivity index (χ0n) is 14.9. The van der Waals surface area contributed by atoms with Crippen molar-refractivity contribution in [1.82, 2.24) is 4.31 Å². The molecule has 1 aromatic rings. The lowest BCUT2D eigenvalue weighted by Gasteiger charge is -2.32. The predicted octanol–water partition coefficient (Wildman–Crippen LogP) is 2.98. The molecule has 1 aliphatic heterocycles. The van der Waals surface area contributed by atoms with E-state index >= 15 is 0 Å². The summed E-state index contributed by atoms with van der Waals surface area (Å²) in [5, 5.41) is 0. The van der Waals surface area contributed by atoms with Crippen LogP contribution in [-0.4, -0.2) is 43.6 Å². The van der Waals surface area contributed by atoms with Crippen LogP contribution in [0.4, 0.5) is 0 Å². The van der Waals surface area contributed by atoms with E-state index in [1.54, 1.807) is 24.3 Å². The van der Waals surface area contributed by atoms with Crippen LogP contribution in [0.3, 0.4) is 0 Å². The van der Waals surface area contributed by atoms with E-state index in [0.717, 1.165) is 19.3 Å². The van der Waals surface area contributed by atoms with Crippen LogP contribution in [0, 0.1) is 0 Å². The fourth-order valence-electron chi connectivity index (χ4n) is 2.86. The van der Waals surface area contributed by atoms with E-state index in [2.05, 4.69) is 0 Å². The Labute approximate surface area is 150 Å². The molecule has 0 spiro atoms. The summed E-state index contributed by atoms with van der Waals surface area (Å²) in [5.41, 5.74) is 0. The van der Waals surface area contributed by atoms with Crippen LogP contribution in [0.1, 0.15) is 46.0 Å². The monoisotopic (exact) mass is 369 g/mol. The predicted molar refractivity (Wildman–Crippen MR) is 96.3 cm³/mol. The summed E-state index contributed by atoms with van der Waals surface area (Å²) in [6.07, 6.45) is 3.54. The summed E-state index contributed by atoms with van der Waals surface area (Å²) in [7, 11) is -3.42. The average molecular weight is 369 g/mol. The zero-order chi connectivity index (χ0) is 18.3. The van der Waals surface area contributed by atoms with Crippen molar-refractivity contribution in [3.63, 3.8) is 0 Å². The van der Waals surface area contributed by atoms with Crippen LogP contribution in [0.2, 0.25) is 0 Å². The molecule has 0 N–H and O–H groups in total. The SMILES string of the molecule is CCCOc1ccc(OC(=O)C2CCCCN2S(=O)(=O)CCC)cc1. The first-order valence-electron chi connectivity index (χ1n) is 8.92. The Morgan fingerprint density at radius 2 is 1.80 bits per heavy atom. The Kier molecular flexibility index (Phi) is 7.25. The van der Waals surface area contributed by atoms with Crippen LogP contribution >= 0.6 is 0 Å². The normalized spacial score (nSPS) is 18.7. The van der Waals surface area contributed by atoms with E-state index in [4.69, 9.17) is 9.47 Å². The lowest BCUT2D eigenvalue weighted by Crippen LogP contribution is -2.50. The van der Waals surface area contributed by atoms with Gasteiger partial charge in [-0.3, -0.25) is 0 Å². The second kappa shape index (κ2) is 9.20. The minimum atomic E-state index is -3.42. The Bertz CT molecular complexity index is 657. The van der Waals surface area contributed by atoms with E-state index in [0.29, 0.717) is 37.5 Å². The van der Waals surface area contributed by atoms with Gasteiger partial charge >= 0.3 is 5.97 Å². The highest BCUT2D eigenvalue weighted by Gasteiger charge is 2.37. The number of hydrogen-bond acceptors (Lipinski definition) is 5. The number of hydrogen-bond donors (Lipinski definition) is 0. The van der Waals surface area contributed by atoms with Crippen molar-refractivity contribution in [2.75, 3.05) is 18.9 Å². The molecule has 6 nitrogen and oxygen atoms in total. The van der Waals surface area contributed by atoms with Crippen LogP contribution in [-0.2, 0) is 14.8 Å². The van der Waals surface area contributed by atoms with E-state index in [1.165, 1.54) is 4.31 Å². The smallest absolute Gasteiger partial charge is 0.329 e. The molecular weight excluding hydrogens is 342 g/mol. The van der Waals surface area contributed by atoms with Gasteiger partial charge in [-0.15, -0.1) is 0 Å². The van der Waals surface area contributed by atoms with E-state index in [1.807, 2.05) is 13.8 Å². The third kappa shape index (κ3) is 5.44. The van der Waals surface area contributed by atoms with Crippen LogP contribution in [0.15, 0.2) is 24.3 Å². The Morgan fingerprint density at radius 3 is 2.44 bits per heavy atom. The van der Waals surface area contributed by atoms with E-state index < -0.39 is 22.0 Å². The van der Waals surface area contributed by atoms with Gasteiger partial charge in [0.25, 0.3) is 0 Å². The highest BCUT2D eigenvalue weighted by atomic mass is 32.2. The van der Waals surface area contributed by atoms with E-state index in [9.17, 15) is 13.2 Å². The topological polar surface area (TPSA) is 72.9 Å². The number of esters is 1. The number of carbonyl (C=O) groups is 1. The fraction of sp³-hybridized carbons (Fsp3) is 0.611. The summed E-state index contributed by atoms with van der Waals surface area (Å²) in [6, 6.07) is 6.07. The molecule has 1 atom stereocenters. The quantitative estimate of drug-likeness (QED) is 0.520. The highest BCUT2D eigenvalue weighted by Crippen LogP contribution is 2.24. The molecule has 0 radical (unpaired) electrons. The first-order chi connectivity index (χ1) is 12.0. The largest absolute Gasteiger partial charge is 0.494 e. The summed E-state index contributed by atoms with van der Waals surface area (Å²) < 4.78 is 37.0. The minimum absolute atomic E-state index is 0.0558. The van der Waals surface area contributed by atoms with Crippen LogP contribution < -0.4 is 9.47 Å². The molecule has 1 aliphatic rings. The summed E-state index contributed by atoms with van der Waals surface area (Å²) in [5.74, 6) is 0.653. The molecule has 0 saturated carbocycles. The molecule has 1 heterocycles. The number of piperidine rings is 1. The Morgan fingerprint density at radius 1 is 1.12 bits per heavy atom. The highest BCUT2D eigenvalue weighted by molar-refractivity contribution is 7.89.